The number of rotatable bonds is 2. The van der Waals surface area contributed by atoms with Gasteiger partial charge in [0.1, 0.15) is 5.69 Å². The second-order valence-corrected chi connectivity index (χ2v) is 5.50. The lowest BCUT2D eigenvalue weighted by Crippen LogP contribution is -2.48. The van der Waals surface area contributed by atoms with Gasteiger partial charge in [-0.3, -0.25) is 9.48 Å². The summed E-state index contributed by atoms with van der Waals surface area (Å²) in [6.07, 6.45) is 3.32. The number of nitrogen functional groups attached to an aromatic ring is 1. The fourth-order valence-electron chi connectivity index (χ4n) is 2.99. The van der Waals surface area contributed by atoms with Crippen LogP contribution in [0.1, 0.15) is 56.2 Å². The first-order valence-corrected chi connectivity index (χ1v) is 7.12. The number of carbonyl (C=O) groups is 1. The largest absolute Gasteiger partial charge is 0.395 e. The number of hydrogen-bond donors (Lipinski definition) is 1. The Bertz CT molecular complexity index is 470. The quantitative estimate of drug-likeness (QED) is 0.890. The molecule has 0 spiro atoms. The lowest BCUT2D eigenvalue weighted by Gasteiger charge is -2.39. The Hall–Kier alpha value is -1.52. The van der Waals surface area contributed by atoms with Crippen LogP contribution in [0.5, 0.6) is 0 Å². The molecule has 2 heterocycles. The van der Waals surface area contributed by atoms with Gasteiger partial charge < -0.3 is 10.6 Å². The lowest BCUT2D eigenvalue weighted by atomic mass is 9.97. The topological polar surface area (TPSA) is 64.2 Å². The van der Waals surface area contributed by atoms with Crippen molar-refractivity contribution >= 4 is 11.6 Å². The minimum absolute atomic E-state index is 0.0275. The maximum absolute atomic E-state index is 12.8. The van der Waals surface area contributed by atoms with Crippen LogP contribution < -0.4 is 5.73 Å². The minimum atomic E-state index is 0.0275. The van der Waals surface area contributed by atoms with Gasteiger partial charge in [-0.1, -0.05) is 0 Å². The van der Waals surface area contributed by atoms with E-state index in [1.807, 2.05) is 18.7 Å². The SMILES string of the molecule is CCn1nc(C)c(N)c1C(=O)N1C(C)CCCC1C. The van der Waals surface area contributed by atoms with E-state index in [2.05, 4.69) is 18.9 Å². The Morgan fingerprint density at radius 3 is 2.47 bits per heavy atom. The Morgan fingerprint density at radius 2 is 1.95 bits per heavy atom. The number of carbonyl (C=O) groups excluding carboxylic acids is 1. The standard InChI is InChI=1S/C14H24N4O/c1-5-17-13(12(15)11(4)16-17)14(19)18-9(2)7-6-8-10(18)3/h9-10H,5-8,15H2,1-4H3. The van der Waals surface area contributed by atoms with E-state index in [-0.39, 0.29) is 18.0 Å². The third-order valence-electron chi connectivity index (χ3n) is 4.10. The zero-order chi connectivity index (χ0) is 14.2. The number of nitrogens with zero attached hydrogens (tertiary/aromatic N) is 3. The number of aryl methyl sites for hydroxylation is 2. The predicted octanol–water partition coefficient (Wildman–Crippen LogP) is 2.20. The van der Waals surface area contributed by atoms with Gasteiger partial charge in [-0.2, -0.15) is 5.10 Å². The number of piperidine rings is 1. The van der Waals surface area contributed by atoms with Crippen molar-refractivity contribution in [2.75, 3.05) is 5.73 Å². The molecule has 1 fully saturated rings. The van der Waals surface area contributed by atoms with E-state index in [4.69, 9.17) is 5.73 Å². The average Bonchev–Trinajstić information content (AvgIpc) is 2.65. The highest BCUT2D eigenvalue weighted by molar-refractivity contribution is 5.98. The first kappa shape index (κ1) is 13.9. The summed E-state index contributed by atoms with van der Waals surface area (Å²) in [5.74, 6) is 0.0275. The van der Waals surface area contributed by atoms with Crippen LogP contribution in [-0.4, -0.2) is 32.7 Å². The van der Waals surface area contributed by atoms with Gasteiger partial charge in [0.25, 0.3) is 5.91 Å². The fourth-order valence-corrected chi connectivity index (χ4v) is 2.99. The van der Waals surface area contributed by atoms with Crippen molar-refractivity contribution in [2.45, 2.75) is 65.6 Å². The van der Waals surface area contributed by atoms with Gasteiger partial charge in [-0.15, -0.1) is 0 Å². The summed E-state index contributed by atoms with van der Waals surface area (Å²) < 4.78 is 1.72. The molecule has 2 N–H and O–H groups in total. The highest BCUT2D eigenvalue weighted by atomic mass is 16.2. The van der Waals surface area contributed by atoms with Crippen molar-refractivity contribution in [3.05, 3.63) is 11.4 Å². The van der Waals surface area contributed by atoms with Crippen molar-refractivity contribution in [3.63, 3.8) is 0 Å². The van der Waals surface area contributed by atoms with Gasteiger partial charge in [0, 0.05) is 18.6 Å². The maximum Gasteiger partial charge on any atom is 0.274 e. The molecule has 1 aliphatic rings. The maximum atomic E-state index is 12.8. The van der Waals surface area contributed by atoms with Gasteiger partial charge in [0.05, 0.1) is 11.4 Å². The molecule has 1 aromatic rings. The highest BCUT2D eigenvalue weighted by Crippen LogP contribution is 2.27. The van der Waals surface area contributed by atoms with Crippen LogP contribution in [0.4, 0.5) is 5.69 Å². The molecule has 1 aromatic heterocycles. The molecule has 0 radical (unpaired) electrons. The second-order valence-electron chi connectivity index (χ2n) is 5.50. The summed E-state index contributed by atoms with van der Waals surface area (Å²) in [7, 11) is 0. The summed E-state index contributed by atoms with van der Waals surface area (Å²) in [4.78, 5) is 14.8. The van der Waals surface area contributed by atoms with Crippen molar-refractivity contribution in [1.82, 2.24) is 14.7 Å². The number of amides is 1. The second kappa shape index (κ2) is 5.23. The molecule has 0 saturated carbocycles. The van der Waals surface area contributed by atoms with E-state index in [0.29, 0.717) is 17.9 Å². The molecule has 19 heavy (non-hydrogen) atoms. The zero-order valence-corrected chi connectivity index (χ0v) is 12.3. The molecule has 5 nitrogen and oxygen atoms in total. The summed E-state index contributed by atoms with van der Waals surface area (Å²) in [5.41, 5.74) is 7.87. The summed E-state index contributed by atoms with van der Waals surface area (Å²) in [6.45, 7) is 8.72. The Morgan fingerprint density at radius 1 is 1.37 bits per heavy atom. The van der Waals surface area contributed by atoms with E-state index in [1.165, 1.54) is 6.42 Å². The minimum Gasteiger partial charge on any atom is -0.395 e. The number of anilines is 1. The van der Waals surface area contributed by atoms with Crippen LogP contribution >= 0.6 is 0 Å². The molecular weight excluding hydrogens is 240 g/mol. The molecule has 1 saturated heterocycles. The van der Waals surface area contributed by atoms with Crippen LogP contribution in [0.2, 0.25) is 0 Å². The summed E-state index contributed by atoms with van der Waals surface area (Å²) in [5, 5.41) is 4.34. The number of likely N-dealkylation sites (tertiary alicyclic amines) is 1. The molecule has 1 amide bonds. The normalized spacial score (nSPS) is 23.7. The summed E-state index contributed by atoms with van der Waals surface area (Å²) in [6, 6.07) is 0.548. The van der Waals surface area contributed by atoms with E-state index < -0.39 is 0 Å². The third kappa shape index (κ3) is 2.33. The van der Waals surface area contributed by atoms with Gasteiger partial charge in [0.15, 0.2) is 0 Å². The molecule has 1 aliphatic heterocycles. The van der Waals surface area contributed by atoms with Gasteiger partial charge in [-0.05, 0) is 47.0 Å². The van der Waals surface area contributed by atoms with Crippen molar-refractivity contribution in [1.29, 1.82) is 0 Å². The molecule has 0 aliphatic carbocycles. The molecule has 5 heteroatoms. The van der Waals surface area contributed by atoms with E-state index in [0.717, 1.165) is 18.5 Å². The van der Waals surface area contributed by atoms with Crippen LogP contribution in [0.15, 0.2) is 0 Å². The predicted molar refractivity (Wildman–Crippen MR) is 76.0 cm³/mol. The van der Waals surface area contributed by atoms with E-state index in [9.17, 15) is 4.79 Å². The number of hydrogen-bond acceptors (Lipinski definition) is 3. The first-order valence-electron chi connectivity index (χ1n) is 7.12. The van der Waals surface area contributed by atoms with Crippen LogP contribution in [-0.2, 0) is 6.54 Å². The van der Waals surface area contributed by atoms with E-state index in [1.54, 1.807) is 4.68 Å². The molecule has 2 atom stereocenters. The molecule has 2 rings (SSSR count). The lowest BCUT2D eigenvalue weighted by molar-refractivity contribution is 0.0499. The third-order valence-corrected chi connectivity index (χ3v) is 4.10. The van der Waals surface area contributed by atoms with Crippen molar-refractivity contribution in [2.24, 2.45) is 0 Å². The first-order chi connectivity index (χ1) is 8.97. The van der Waals surface area contributed by atoms with Gasteiger partial charge in [0.2, 0.25) is 0 Å². The monoisotopic (exact) mass is 264 g/mol. The molecule has 106 valence electrons. The average molecular weight is 264 g/mol. The molecule has 2 unspecified atom stereocenters. The molecule has 0 aromatic carbocycles. The number of aromatic nitrogens is 2. The summed E-state index contributed by atoms with van der Waals surface area (Å²) >= 11 is 0. The zero-order valence-electron chi connectivity index (χ0n) is 12.3. The van der Waals surface area contributed by atoms with Crippen molar-refractivity contribution < 1.29 is 4.79 Å². The Balaban J connectivity index is 2.38. The fraction of sp³-hybridized carbons (Fsp3) is 0.714. The smallest absolute Gasteiger partial charge is 0.274 e. The van der Waals surface area contributed by atoms with Gasteiger partial charge >= 0.3 is 0 Å². The van der Waals surface area contributed by atoms with Gasteiger partial charge in [-0.25, -0.2) is 0 Å². The van der Waals surface area contributed by atoms with E-state index >= 15 is 0 Å². The van der Waals surface area contributed by atoms with Crippen LogP contribution in [0, 0.1) is 6.92 Å². The van der Waals surface area contributed by atoms with Crippen molar-refractivity contribution in [3.8, 4) is 0 Å². The highest BCUT2D eigenvalue weighted by Gasteiger charge is 2.33. The number of nitrogens with two attached hydrogens (primary N) is 1. The Kier molecular flexibility index (Phi) is 3.83. The van der Waals surface area contributed by atoms with Crippen LogP contribution in [0.25, 0.3) is 0 Å². The molecular formula is C14H24N4O. The van der Waals surface area contributed by atoms with Crippen LogP contribution in [0.3, 0.4) is 0 Å². The molecule has 0 bridgehead atoms. The Labute approximate surface area is 114 Å².